The van der Waals surface area contributed by atoms with Gasteiger partial charge in [-0.15, -0.1) is 0 Å². The molecule has 1 aliphatic heterocycles. The summed E-state index contributed by atoms with van der Waals surface area (Å²) in [5, 5.41) is 0. The first-order chi connectivity index (χ1) is 13.5. The van der Waals surface area contributed by atoms with Crippen LogP contribution in [-0.4, -0.2) is 47.6 Å². The van der Waals surface area contributed by atoms with Gasteiger partial charge in [0.05, 0.1) is 19.4 Å². The first kappa shape index (κ1) is 20.2. The summed E-state index contributed by atoms with van der Waals surface area (Å²) >= 11 is 0. The molecule has 1 aromatic carbocycles. The zero-order chi connectivity index (χ0) is 20.1. The van der Waals surface area contributed by atoms with Crippen LogP contribution in [0.2, 0.25) is 0 Å². The molecule has 0 saturated carbocycles. The van der Waals surface area contributed by atoms with E-state index >= 15 is 0 Å². The second-order valence-electron chi connectivity index (χ2n) is 6.90. The van der Waals surface area contributed by atoms with E-state index in [1.165, 1.54) is 19.2 Å². The Hall–Kier alpha value is -2.54. The van der Waals surface area contributed by atoms with Gasteiger partial charge in [0.15, 0.2) is 11.6 Å². The first-order valence-electron chi connectivity index (χ1n) is 9.56. The number of hydrogen-bond donors (Lipinski definition) is 0. The van der Waals surface area contributed by atoms with Gasteiger partial charge in [0.1, 0.15) is 5.82 Å². The van der Waals surface area contributed by atoms with Crippen LogP contribution in [0.4, 0.5) is 4.39 Å². The van der Waals surface area contributed by atoms with Crippen LogP contribution in [0.1, 0.15) is 53.1 Å². The van der Waals surface area contributed by atoms with Crippen molar-refractivity contribution in [1.29, 1.82) is 0 Å². The summed E-state index contributed by atoms with van der Waals surface area (Å²) in [5.41, 5.74) is 2.23. The fourth-order valence-electron chi connectivity index (χ4n) is 3.56. The van der Waals surface area contributed by atoms with E-state index in [0.717, 1.165) is 24.1 Å². The third-order valence-electron chi connectivity index (χ3n) is 4.97. The summed E-state index contributed by atoms with van der Waals surface area (Å²) in [6, 6.07) is 4.32. The Kier molecular flexibility index (Phi) is 6.57. The predicted molar refractivity (Wildman–Crippen MR) is 103 cm³/mol. The summed E-state index contributed by atoms with van der Waals surface area (Å²) in [6.45, 7) is 6.07. The van der Waals surface area contributed by atoms with Crippen molar-refractivity contribution in [2.24, 2.45) is 0 Å². The number of carbonyl (C=O) groups excluding carboxylic acids is 1. The minimum atomic E-state index is -0.535. The van der Waals surface area contributed by atoms with E-state index in [1.807, 2.05) is 20.0 Å². The van der Waals surface area contributed by atoms with Gasteiger partial charge in [0.2, 0.25) is 0 Å². The van der Waals surface area contributed by atoms with Gasteiger partial charge in [-0.2, -0.15) is 0 Å². The number of aryl methyl sites for hydroxylation is 1. The molecule has 2 aromatic rings. The van der Waals surface area contributed by atoms with E-state index < -0.39 is 5.82 Å². The molecule has 1 aliphatic rings. The average molecular weight is 387 g/mol. The topological polar surface area (TPSA) is 64.6 Å². The highest BCUT2D eigenvalue weighted by Crippen LogP contribution is 2.29. The number of amides is 1. The molecule has 1 amide bonds. The molecule has 7 heteroatoms. The van der Waals surface area contributed by atoms with Crippen LogP contribution >= 0.6 is 0 Å². The van der Waals surface area contributed by atoms with Crippen molar-refractivity contribution >= 4 is 5.91 Å². The number of piperidine rings is 1. The zero-order valence-corrected chi connectivity index (χ0v) is 16.6. The predicted octanol–water partition coefficient (Wildman–Crippen LogP) is 3.49. The van der Waals surface area contributed by atoms with Crippen molar-refractivity contribution in [2.45, 2.75) is 39.2 Å². The van der Waals surface area contributed by atoms with Crippen molar-refractivity contribution in [3.8, 4) is 5.75 Å². The summed E-state index contributed by atoms with van der Waals surface area (Å²) in [6.07, 6.45) is 3.62. The van der Waals surface area contributed by atoms with E-state index in [-0.39, 0.29) is 17.6 Å². The summed E-state index contributed by atoms with van der Waals surface area (Å²) < 4.78 is 24.5. The summed E-state index contributed by atoms with van der Waals surface area (Å²) in [7, 11) is 1.40. The van der Waals surface area contributed by atoms with Crippen molar-refractivity contribution in [3.63, 3.8) is 0 Å². The summed E-state index contributed by atoms with van der Waals surface area (Å²) in [4.78, 5) is 23.6. The molecule has 1 atom stereocenters. The zero-order valence-electron chi connectivity index (χ0n) is 16.6. The SMILES string of the molecule is CCOCc1cnc(C)nc1C1CCCN(C(=O)c2ccc(OC)c(F)c2)C1. The largest absolute Gasteiger partial charge is 0.494 e. The fourth-order valence-corrected chi connectivity index (χ4v) is 3.56. The first-order valence-corrected chi connectivity index (χ1v) is 9.56. The maximum Gasteiger partial charge on any atom is 0.253 e. The summed E-state index contributed by atoms with van der Waals surface area (Å²) in [5.74, 6) is 0.231. The highest BCUT2D eigenvalue weighted by molar-refractivity contribution is 5.94. The smallest absolute Gasteiger partial charge is 0.253 e. The van der Waals surface area contributed by atoms with E-state index in [1.54, 1.807) is 11.0 Å². The maximum atomic E-state index is 14.0. The van der Waals surface area contributed by atoms with Gasteiger partial charge in [-0.3, -0.25) is 4.79 Å². The second kappa shape index (κ2) is 9.10. The van der Waals surface area contributed by atoms with Crippen LogP contribution in [0.25, 0.3) is 0 Å². The number of hydrogen-bond acceptors (Lipinski definition) is 5. The molecule has 1 unspecified atom stereocenters. The quantitative estimate of drug-likeness (QED) is 0.759. The molecule has 1 fully saturated rings. The molecule has 3 rings (SSSR count). The van der Waals surface area contributed by atoms with Gasteiger partial charge in [-0.1, -0.05) is 0 Å². The van der Waals surface area contributed by atoms with E-state index in [2.05, 4.69) is 9.97 Å². The van der Waals surface area contributed by atoms with Crippen LogP contribution in [0.15, 0.2) is 24.4 Å². The number of ether oxygens (including phenoxy) is 2. The van der Waals surface area contributed by atoms with Crippen LogP contribution in [-0.2, 0) is 11.3 Å². The highest BCUT2D eigenvalue weighted by Gasteiger charge is 2.28. The molecule has 28 heavy (non-hydrogen) atoms. The van der Waals surface area contributed by atoms with Gasteiger partial charge < -0.3 is 14.4 Å². The molecule has 1 aromatic heterocycles. The Bertz CT molecular complexity index is 844. The molecular weight excluding hydrogens is 361 g/mol. The number of halogens is 1. The Morgan fingerprint density at radius 1 is 1.39 bits per heavy atom. The molecule has 6 nitrogen and oxygen atoms in total. The minimum absolute atomic E-state index is 0.109. The number of carbonyl (C=O) groups is 1. The van der Waals surface area contributed by atoms with Gasteiger partial charge in [-0.25, -0.2) is 14.4 Å². The van der Waals surface area contributed by atoms with Gasteiger partial charge in [-0.05, 0) is 44.9 Å². The third kappa shape index (κ3) is 4.47. The molecule has 150 valence electrons. The van der Waals surface area contributed by atoms with Crippen LogP contribution < -0.4 is 4.74 Å². The van der Waals surface area contributed by atoms with Gasteiger partial charge in [0.25, 0.3) is 5.91 Å². The number of methoxy groups -OCH3 is 1. The standard InChI is InChI=1S/C21H26FN3O3/c1-4-28-13-17-11-23-14(2)24-20(17)16-6-5-9-25(12-16)21(26)15-7-8-19(27-3)18(22)10-15/h7-8,10-11,16H,4-6,9,12-13H2,1-3H3. The number of aromatic nitrogens is 2. The Balaban J connectivity index is 1.80. The Morgan fingerprint density at radius 2 is 2.21 bits per heavy atom. The van der Waals surface area contributed by atoms with E-state index in [0.29, 0.717) is 37.7 Å². The molecule has 1 saturated heterocycles. The van der Waals surface area contributed by atoms with Crippen LogP contribution in [0, 0.1) is 12.7 Å². The Labute approximate surface area is 164 Å². The van der Waals surface area contributed by atoms with Gasteiger partial charge in [0, 0.05) is 42.9 Å². The normalized spacial score (nSPS) is 16.9. The minimum Gasteiger partial charge on any atom is -0.494 e. The van der Waals surface area contributed by atoms with Crippen molar-refractivity contribution in [2.75, 3.05) is 26.8 Å². The van der Waals surface area contributed by atoms with Gasteiger partial charge >= 0.3 is 0 Å². The molecule has 0 N–H and O–H groups in total. The molecule has 0 radical (unpaired) electrons. The number of likely N-dealkylation sites (tertiary alicyclic amines) is 1. The average Bonchev–Trinajstić information content (AvgIpc) is 2.72. The van der Waals surface area contributed by atoms with Crippen LogP contribution in [0.3, 0.4) is 0 Å². The maximum absolute atomic E-state index is 14.0. The van der Waals surface area contributed by atoms with E-state index in [4.69, 9.17) is 9.47 Å². The lowest BCUT2D eigenvalue weighted by molar-refractivity contribution is 0.0703. The third-order valence-corrected chi connectivity index (χ3v) is 4.97. The molecule has 0 spiro atoms. The lowest BCUT2D eigenvalue weighted by Gasteiger charge is -2.33. The monoisotopic (exact) mass is 387 g/mol. The molecular formula is C21H26FN3O3. The molecule has 2 heterocycles. The number of nitrogens with zero attached hydrogens (tertiary/aromatic N) is 3. The van der Waals surface area contributed by atoms with Crippen molar-refractivity contribution in [3.05, 3.63) is 52.9 Å². The van der Waals surface area contributed by atoms with Crippen molar-refractivity contribution < 1.29 is 18.7 Å². The Morgan fingerprint density at radius 3 is 2.93 bits per heavy atom. The number of rotatable bonds is 6. The van der Waals surface area contributed by atoms with Crippen LogP contribution in [0.5, 0.6) is 5.75 Å². The molecule has 0 aliphatic carbocycles. The number of benzene rings is 1. The fraction of sp³-hybridized carbons (Fsp3) is 0.476. The van der Waals surface area contributed by atoms with Crippen molar-refractivity contribution in [1.82, 2.24) is 14.9 Å². The highest BCUT2D eigenvalue weighted by atomic mass is 19.1. The lowest BCUT2D eigenvalue weighted by atomic mass is 9.91. The van der Waals surface area contributed by atoms with E-state index in [9.17, 15) is 9.18 Å². The lowest BCUT2D eigenvalue weighted by Crippen LogP contribution is -2.39. The molecule has 0 bridgehead atoms. The second-order valence-corrected chi connectivity index (χ2v) is 6.90.